The summed E-state index contributed by atoms with van der Waals surface area (Å²) in [6, 6.07) is 0. The highest BCUT2D eigenvalue weighted by Gasteiger charge is 2.25. The Kier molecular flexibility index (Phi) is 4.85. The van der Waals surface area contributed by atoms with Crippen molar-refractivity contribution < 1.29 is 4.42 Å². The SMILES string of the molecule is Cc1nnc(CN2CC[C@H](CN(C)Cc3scnc3C)C2)o1. The van der Waals surface area contributed by atoms with Crippen LogP contribution in [0.25, 0.3) is 0 Å². The number of rotatable bonds is 6. The lowest BCUT2D eigenvalue weighted by Crippen LogP contribution is -2.28. The molecular weight excluding hydrogens is 298 g/mol. The normalized spacial score (nSPS) is 19.4. The van der Waals surface area contributed by atoms with Crippen LogP contribution in [0, 0.1) is 19.8 Å². The van der Waals surface area contributed by atoms with Crippen molar-refractivity contribution in [3.8, 4) is 0 Å². The monoisotopic (exact) mass is 321 g/mol. The summed E-state index contributed by atoms with van der Waals surface area (Å²) in [5.41, 5.74) is 3.10. The third-order valence-electron chi connectivity index (χ3n) is 4.12. The van der Waals surface area contributed by atoms with Gasteiger partial charge in [-0.2, -0.15) is 0 Å². The standard InChI is InChI=1S/C15H23N5OS/c1-11-14(22-10-16-11)8-19(3)6-13-4-5-20(7-13)9-15-18-17-12(2)21-15/h10,13H,4-9H2,1-3H3/t13-/m1/s1. The van der Waals surface area contributed by atoms with Crippen LogP contribution in [0.2, 0.25) is 0 Å². The second kappa shape index (κ2) is 6.85. The van der Waals surface area contributed by atoms with E-state index in [1.54, 1.807) is 11.3 Å². The lowest BCUT2D eigenvalue weighted by molar-refractivity contribution is 0.244. The molecular formula is C15H23N5OS. The predicted octanol–water partition coefficient (Wildman–Crippen LogP) is 2.10. The van der Waals surface area contributed by atoms with E-state index in [1.165, 1.54) is 11.3 Å². The minimum Gasteiger partial charge on any atom is -0.424 e. The summed E-state index contributed by atoms with van der Waals surface area (Å²) in [6.45, 7) is 9.03. The van der Waals surface area contributed by atoms with Crippen LogP contribution in [0.1, 0.15) is 28.8 Å². The summed E-state index contributed by atoms with van der Waals surface area (Å²) in [5, 5.41) is 7.97. The molecule has 0 aliphatic carbocycles. The van der Waals surface area contributed by atoms with Gasteiger partial charge < -0.3 is 9.32 Å². The van der Waals surface area contributed by atoms with Gasteiger partial charge in [0.2, 0.25) is 11.8 Å². The van der Waals surface area contributed by atoms with Crippen molar-refractivity contribution in [3.63, 3.8) is 0 Å². The Morgan fingerprint density at radius 3 is 2.95 bits per heavy atom. The fourth-order valence-corrected chi connectivity index (χ4v) is 3.88. The molecule has 3 heterocycles. The van der Waals surface area contributed by atoms with E-state index >= 15 is 0 Å². The minimum absolute atomic E-state index is 0.644. The third-order valence-corrected chi connectivity index (χ3v) is 5.04. The van der Waals surface area contributed by atoms with Gasteiger partial charge in [-0.1, -0.05) is 0 Å². The molecule has 1 fully saturated rings. The predicted molar refractivity (Wildman–Crippen MR) is 85.6 cm³/mol. The maximum absolute atomic E-state index is 5.47. The van der Waals surface area contributed by atoms with Gasteiger partial charge in [0.05, 0.1) is 17.7 Å². The van der Waals surface area contributed by atoms with E-state index in [9.17, 15) is 0 Å². The Morgan fingerprint density at radius 2 is 2.27 bits per heavy atom. The Bertz CT molecular complexity index is 611. The molecule has 1 aliphatic rings. The average molecular weight is 321 g/mol. The van der Waals surface area contributed by atoms with Gasteiger partial charge in [-0.25, -0.2) is 4.98 Å². The molecule has 0 radical (unpaired) electrons. The zero-order valence-electron chi connectivity index (χ0n) is 13.4. The molecule has 3 rings (SSSR count). The van der Waals surface area contributed by atoms with Gasteiger partial charge in [0.1, 0.15) is 0 Å². The average Bonchev–Trinajstić information content (AvgIpc) is 3.16. The number of likely N-dealkylation sites (tertiary alicyclic amines) is 1. The van der Waals surface area contributed by atoms with Crippen LogP contribution < -0.4 is 0 Å². The molecule has 7 heteroatoms. The van der Waals surface area contributed by atoms with Crippen LogP contribution in [0.3, 0.4) is 0 Å². The highest BCUT2D eigenvalue weighted by atomic mass is 32.1. The van der Waals surface area contributed by atoms with E-state index in [0.29, 0.717) is 11.8 Å². The molecule has 0 aromatic carbocycles. The maximum Gasteiger partial charge on any atom is 0.230 e. The molecule has 0 amide bonds. The molecule has 1 saturated heterocycles. The first-order chi connectivity index (χ1) is 10.6. The molecule has 22 heavy (non-hydrogen) atoms. The van der Waals surface area contributed by atoms with E-state index in [1.807, 2.05) is 12.4 Å². The molecule has 0 saturated carbocycles. The summed E-state index contributed by atoms with van der Waals surface area (Å²) >= 11 is 1.75. The van der Waals surface area contributed by atoms with Crippen LogP contribution >= 0.6 is 11.3 Å². The highest BCUT2D eigenvalue weighted by Crippen LogP contribution is 2.21. The van der Waals surface area contributed by atoms with Crippen LogP contribution in [-0.4, -0.2) is 51.7 Å². The molecule has 0 spiro atoms. The Balaban J connectivity index is 1.45. The summed E-state index contributed by atoms with van der Waals surface area (Å²) < 4.78 is 5.47. The summed E-state index contributed by atoms with van der Waals surface area (Å²) in [6.07, 6.45) is 1.24. The second-order valence-electron chi connectivity index (χ2n) is 6.16. The van der Waals surface area contributed by atoms with Gasteiger partial charge in [-0.15, -0.1) is 21.5 Å². The smallest absolute Gasteiger partial charge is 0.230 e. The van der Waals surface area contributed by atoms with Crippen molar-refractivity contribution in [1.29, 1.82) is 0 Å². The number of thiazole rings is 1. The first-order valence-corrected chi connectivity index (χ1v) is 8.57. The zero-order chi connectivity index (χ0) is 15.5. The molecule has 0 bridgehead atoms. The summed E-state index contributed by atoms with van der Waals surface area (Å²) in [7, 11) is 2.20. The fourth-order valence-electron chi connectivity index (χ4n) is 3.03. The summed E-state index contributed by atoms with van der Waals surface area (Å²) in [5.74, 6) is 2.08. The van der Waals surface area contributed by atoms with Crippen molar-refractivity contribution in [2.45, 2.75) is 33.4 Å². The Hall–Kier alpha value is -1.31. The van der Waals surface area contributed by atoms with Crippen molar-refractivity contribution in [2.75, 3.05) is 26.7 Å². The van der Waals surface area contributed by atoms with Crippen molar-refractivity contribution in [1.82, 2.24) is 25.0 Å². The van der Waals surface area contributed by atoms with Crippen molar-refractivity contribution >= 4 is 11.3 Å². The third kappa shape index (κ3) is 3.91. The van der Waals surface area contributed by atoms with E-state index in [4.69, 9.17) is 4.42 Å². The topological polar surface area (TPSA) is 58.3 Å². The number of hydrogen-bond donors (Lipinski definition) is 0. The van der Waals surface area contributed by atoms with Gasteiger partial charge in [0.15, 0.2) is 0 Å². The lowest BCUT2D eigenvalue weighted by atomic mass is 10.1. The van der Waals surface area contributed by atoms with Gasteiger partial charge in [0, 0.05) is 31.4 Å². The molecule has 120 valence electrons. The largest absolute Gasteiger partial charge is 0.424 e. The number of aryl methyl sites for hydroxylation is 2. The summed E-state index contributed by atoms with van der Waals surface area (Å²) in [4.78, 5) is 10.5. The first kappa shape index (κ1) is 15.6. The van der Waals surface area contributed by atoms with Crippen molar-refractivity contribution in [3.05, 3.63) is 27.9 Å². The maximum atomic E-state index is 5.47. The first-order valence-electron chi connectivity index (χ1n) is 7.69. The molecule has 2 aromatic heterocycles. The van der Waals surface area contributed by atoms with Gasteiger partial charge in [-0.3, -0.25) is 4.90 Å². The second-order valence-corrected chi connectivity index (χ2v) is 7.10. The number of aromatic nitrogens is 3. The highest BCUT2D eigenvalue weighted by molar-refractivity contribution is 7.09. The van der Waals surface area contributed by atoms with Crippen LogP contribution in [0.5, 0.6) is 0 Å². The molecule has 1 aliphatic heterocycles. The van der Waals surface area contributed by atoms with E-state index < -0.39 is 0 Å². The molecule has 0 unspecified atom stereocenters. The molecule has 1 atom stereocenters. The van der Waals surface area contributed by atoms with Gasteiger partial charge in [-0.05, 0) is 32.9 Å². The fraction of sp³-hybridized carbons (Fsp3) is 0.667. The lowest BCUT2D eigenvalue weighted by Gasteiger charge is -2.20. The van der Waals surface area contributed by atoms with Crippen LogP contribution in [0.15, 0.2) is 9.93 Å². The number of hydrogen-bond acceptors (Lipinski definition) is 7. The zero-order valence-corrected chi connectivity index (χ0v) is 14.3. The van der Waals surface area contributed by atoms with E-state index in [0.717, 1.165) is 44.3 Å². The quantitative estimate of drug-likeness (QED) is 0.812. The molecule has 2 aromatic rings. The number of nitrogens with zero attached hydrogens (tertiary/aromatic N) is 5. The van der Waals surface area contributed by atoms with Gasteiger partial charge >= 0.3 is 0 Å². The van der Waals surface area contributed by atoms with Crippen molar-refractivity contribution in [2.24, 2.45) is 5.92 Å². The Morgan fingerprint density at radius 1 is 1.41 bits per heavy atom. The van der Waals surface area contributed by atoms with Crippen LogP contribution in [0.4, 0.5) is 0 Å². The van der Waals surface area contributed by atoms with E-state index in [-0.39, 0.29) is 0 Å². The minimum atomic E-state index is 0.644. The van der Waals surface area contributed by atoms with Gasteiger partial charge in [0.25, 0.3) is 0 Å². The van der Waals surface area contributed by atoms with Crippen LogP contribution in [-0.2, 0) is 13.1 Å². The van der Waals surface area contributed by atoms with E-state index in [2.05, 4.69) is 39.0 Å². The molecule has 0 N–H and O–H groups in total. The molecule has 6 nitrogen and oxygen atoms in total. The Labute approximate surface area is 135 Å².